The molecule has 28 heavy (non-hydrogen) atoms. The highest BCUT2D eigenvalue weighted by Gasteiger charge is 2.13. The van der Waals surface area contributed by atoms with Gasteiger partial charge in [0.05, 0.1) is 18.0 Å². The van der Waals surface area contributed by atoms with Crippen LogP contribution in [0.1, 0.15) is 6.92 Å². The minimum Gasteiger partial charge on any atom is -0.507 e. The summed E-state index contributed by atoms with van der Waals surface area (Å²) in [4.78, 5) is 9.48. The van der Waals surface area contributed by atoms with Gasteiger partial charge >= 0.3 is 0 Å². The van der Waals surface area contributed by atoms with Crippen LogP contribution in [0.25, 0.3) is 33.9 Å². The van der Waals surface area contributed by atoms with Crippen LogP contribution in [0.4, 0.5) is 0 Å². The summed E-state index contributed by atoms with van der Waals surface area (Å²) in [6, 6.07) is 27.0. The predicted molar refractivity (Wildman–Crippen MR) is 111 cm³/mol. The Labute approximate surface area is 164 Å². The lowest BCUT2D eigenvalue weighted by Gasteiger charge is -2.11. The Morgan fingerprint density at radius 3 is 2.04 bits per heavy atom. The van der Waals surface area contributed by atoms with Crippen molar-refractivity contribution >= 4 is 0 Å². The zero-order chi connectivity index (χ0) is 19.3. The molecule has 0 amide bonds. The van der Waals surface area contributed by atoms with Gasteiger partial charge in [-0.05, 0) is 25.1 Å². The summed E-state index contributed by atoms with van der Waals surface area (Å²) in [6.45, 7) is 2.45. The average Bonchev–Trinajstić information content (AvgIpc) is 2.75. The predicted octanol–water partition coefficient (Wildman–Crippen LogP) is 5.58. The molecule has 0 bridgehead atoms. The largest absolute Gasteiger partial charge is 0.507 e. The van der Waals surface area contributed by atoms with Crippen LogP contribution in [0.2, 0.25) is 0 Å². The minimum absolute atomic E-state index is 0.127. The lowest BCUT2D eigenvalue weighted by molar-refractivity contribution is 0.338. The lowest BCUT2D eigenvalue weighted by Crippen LogP contribution is -1.96. The van der Waals surface area contributed by atoms with Gasteiger partial charge in [0.15, 0.2) is 5.82 Å². The van der Waals surface area contributed by atoms with E-state index in [4.69, 9.17) is 14.7 Å². The van der Waals surface area contributed by atoms with Gasteiger partial charge in [-0.15, -0.1) is 0 Å². The molecular formula is C24H20N2O2. The molecule has 4 rings (SSSR count). The average molecular weight is 368 g/mol. The van der Waals surface area contributed by atoms with Gasteiger partial charge in [-0.2, -0.15) is 0 Å². The number of phenolic OH excluding ortho intramolecular Hbond substituents is 1. The summed E-state index contributed by atoms with van der Waals surface area (Å²) >= 11 is 0. The van der Waals surface area contributed by atoms with Crippen molar-refractivity contribution in [3.8, 4) is 45.4 Å². The maximum absolute atomic E-state index is 10.6. The zero-order valence-corrected chi connectivity index (χ0v) is 15.5. The molecule has 1 N–H and O–H groups in total. The molecule has 0 radical (unpaired) electrons. The van der Waals surface area contributed by atoms with Gasteiger partial charge in [-0.1, -0.05) is 60.7 Å². The van der Waals surface area contributed by atoms with Crippen molar-refractivity contribution in [2.75, 3.05) is 6.61 Å². The van der Waals surface area contributed by atoms with Gasteiger partial charge in [0.25, 0.3) is 0 Å². The molecule has 1 heterocycles. The van der Waals surface area contributed by atoms with E-state index in [2.05, 4.69) is 0 Å². The van der Waals surface area contributed by atoms with E-state index < -0.39 is 0 Å². The molecule has 4 heteroatoms. The van der Waals surface area contributed by atoms with Gasteiger partial charge in [0.2, 0.25) is 0 Å². The normalized spacial score (nSPS) is 10.6. The number of nitrogens with zero attached hydrogens (tertiary/aromatic N) is 2. The van der Waals surface area contributed by atoms with Crippen LogP contribution in [0, 0.1) is 0 Å². The van der Waals surface area contributed by atoms with E-state index in [0.717, 1.165) is 16.8 Å². The molecule has 138 valence electrons. The first-order valence-electron chi connectivity index (χ1n) is 9.20. The number of rotatable bonds is 5. The van der Waals surface area contributed by atoms with Gasteiger partial charge < -0.3 is 9.84 Å². The maximum atomic E-state index is 10.6. The Hall–Kier alpha value is -3.66. The topological polar surface area (TPSA) is 55.2 Å². The lowest BCUT2D eigenvalue weighted by atomic mass is 10.1. The molecule has 0 aliphatic carbocycles. The molecule has 4 nitrogen and oxygen atoms in total. The second kappa shape index (κ2) is 7.92. The standard InChI is InChI=1S/C24H20N2O2/c1-2-28-19-13-14-20(23(27)15-19)22-16-21(17-9-5-3-6-10-17)25-24(26-22)18-11-7-4-8-12-18/h3-16,27H,2H2,1H3. The van der Waals surface area contributed by atoms with Crippen molar-refractivity contribution < 1.29 is 9.84 Å². The summed E-state index contributed by atoms with van der Waals surface area (Å²) in [5.74, 6) is 1.37. The van der Waals surface area contributed by atoms with E-state index in [-0.39, 0.29) is 5.75 Å². The molecule has 0 fully saturated rings. The van der Waals surface area contributed by atoms with Crippen LogP contribution in [0.3, 0.4) is 0 Å². The van der Waals surface area contributed by atoms with E-state index in [1.807, 2.05) is 85.8 Å². The number of aromatic nitrogens is 2. The number of hydrogen-bond acceptors (Lipinski definition) is 4. The Morgan fingerprint density at radius 2 is 1.39 bits per heavy atom. The molecule has 0 atom stereocenters. The van der Waals surface area contributed by atoms with Crippen LogP contribution >= 0.6 is 0 Å². The Kier molecular flexibility index (Phi) is 5.02. The maximum Gasteiger partial charge on any atom is 0.160 e. The minimum atomic E-state index is 0.127. The van der Waals surface area contributed by atoms with Gasteiger partial charge in [-0.3, -0.25) is 0 Å². The first-order chi connectivity index (χ1) is 13.7. The summed E-state index contributed by atoms with van der Waals surface area (Å²) in [7, 11) is 0. The van der Waals surface area contributed by atoms with E-state index in [1.165, 1.54) is 0 Å². The molecule has 0 aliphatic heterocycles. The molecule has 0 unspecified atom stereocenters. The van der Waals surface area contributed by atoms with Gasteiger partial charge in [0, 0.05) is 22.8 Å². The van der Waals surface area contributed by atoms with Crippen molar-refractivity contribution in [3.05, 3.63) is 84.9 Å². The number of hydrogen-bond donors (Lipinski definition) is 1. The third-order valence-corrected chi connectivity index (χ3v) is 4.38. The Morgan fingerprint density at radius 1 is 0.750 bits per heavy atom. The van der Waals surface area contributed by atoms with E-state index >= 15 is 0 Å². The number of benzene rings is 3. The SMILES string of the molecule is CCOc1ccc(-c2cc(-c3ccccc3)nc(-c3ccccc3)n2)c(O)c1. The number of phenols is 1. The molecule has 0 saturated carbocycles. The molecule has 4 aromatic rings. The molecule has 3 aromatic carbocycles. The van der Waals surface area contributed by atoms with Crippen molar-refractivity contribution in [1.29, 1.82) is 0 Å². The molecule has 0 saturated heterocycles. The van der Waals surface area contributed by atoms with Gasteiger partial charge in [-0.25, -0.2) is 9.97 Å². The summed E-state index contributed by atoms with van der Waals surface area (Å²) in [6.07, 6.45) is 0. The fourth-order valence-corrected chi connectivity index (χ4v) is 3.04. The fraction of sp³-hybridized carbons (Fsp3) is 0.0833. The van der Waals surface area contributed by atoms with E-state index in [9.17, 15) is 5.11 Å². The highest BCUT2D eigenvalue weighted by Crippen LogP contribution is 2.34. The monoisotopic (exact) mass is 368 g/mol. The third-order valence-electron chi connectivity index (χ3n) is 4.38. The molecule has 0 spiro atoms. The van der Waals surface area contributed by atoms with Crippen molar-refractivity contribution in [2.24, 2.45) is 0 Å². The Balaban J connectivity index is 1.87. The van der Waals surface area contributed by atoms with E-state index in [0.29, 0.717) is 29.4 Å². The number of ether oxygens (including phenoxy) is 1. The second-order valence-corrected chi connectivity index (χ2v) is 6.31. The zero-order valence-electron chi connectivity index (χ0n) is 15.5. The summed E-state index contributed by atoms with van der Waals surface area (Å²) < 4.78 is 5.47. The van der Waals surface area contributed by atoms with Crippen LogP contribution in [-0.2, 0) is 0 Å². The molecule has 0 aliphatic rings. The Bertz CT molecular complexity index is 1020. The third kappa shape index (κ3) is 3.71. The van der Waals surface area contributed by atoms with Crippen molar-refractivity contribution in [1.82, 2.24) is 9.97 Å². The van der Waals surface area contributed by atoms with Crippen LogP contribution in [-0.4, -0.2) is 21.7 Å². The first-order valence-corrected chi connectivity index (χ1v) is 9.20. The van der Waals surface area contributed by atoms with Crippen LogP contribution in [0.15, 0.2) is 84.9 Å². The van der Waals surface area contributed by atoms with Crippen LogP contribution in [0.5, 0.6) is 11.5 Å². The van der Waals surface area contributed by atoms with Crippen molar-refractivity contribution in [2.45, 2.75) is 6.92 Å². The highest BCUT2D eigenvalue weighted by atomic mass is 16.5. The molecular weight excluding hydrogens is 348 g/mol. The van der Waals surface area contributed by atoms with Crippen LogP contribution < -0.4 is 4.74 Å². The molecule has 1 aromatic heterocycles. The second-order valence-electron chi connectivity index (χ2n) is 6.31. The van der Waals surface area contributed by atoms with Crippen molar-refractivity contribution in [3.63, 3.8) is 0 Å². The van der Waals surface area contributed by atoms with E-state index in [1.54, 1.807) is 6.07 Å². The first kappa shape index (κ1) is 17.7. The van der Waals surface area contributed by atoms with Gasteiger partial charge in [0.1, 0.15) is 11.5 Å². The highest BCUT2D eigenvalue weighted by molar-refractivity contribution is 5.75. The summed E-state index contributed by atoms with van der Waals surface area (Å²) in [5.41, 5.74) is 4.02. The fourth-order valence-electron chi connectivity index (χ4n) is 3.04. The summed E-state index contributed by atoms with van der Waals surface area (Å²) in [5, 5.41) is 10.6. The quantitative estimate of drug-likeness (QED) is 0.499. The smallest absolute Gasteiger partial charge is 0.160 e. The number of aromatic hydroxyl groups is 1.